The molecule has 2 aromatic carbocycles. The van der Waals surface area contributed by atoms with Gasteiger partial charge in [-0.25, -0.2) is 0 Å². The van der Waals surface area contributed by atoms with Crippen molar-refractivity contribution >= 4 is 21.8 Å². The molecular formula is C21H22BrNO3. The fourth-order valence-electron chi connectivity index (χ4n) is 2.40. The summed E-state index contributed by atoms with van der Waals surface area (Å²) in [6, 6.07) is 13.7. The number of benzene rings is 2. The number of hydrogen-bond acceptors (Lipinski definition) is 3. The zero-order valence-electron chi connectivity index (χ0n) is 14.8. The second-order valence-electron chi connectivity index (χ2n) is 5.70. The summed E-state index contributed by atoms with van der Waals surface area (Å²) in [4.78, 5) is 12.1. The van der Waals surface area contributed by atoms with Gasteiger partial charge in [-0.1, -0.05) is 52.2 Å². The van der Waals surface area contributed by atoms with Crippen molar-refractivity contribution in [3.8, 4) is 23.8 Å². The maximum absolute atomic E-state index is 12.1. The highest BCUT2D eigenvalue weighted by Crippen LogP contribution is 2.28. The van der Waals surface area contributed by atoms with Gasteiger partial charge in [0, 0.05) is 18.3 Å². The lowest BCUT2D eigenvalue weighted by Crippen LogP contribution is -2.23. The molecule has 136 valence electrons. The minimum atomic E-state index is 0.0150. The first-order chi connectivity index (χ1) is 12.7. The van der Waals surface area contributed by atoms with E-state index in [1.807, 2.05) is 42.5 Å². The number of hydrogen-bond donors (Lipinski definition) is 1. The molecule has 0 aliphatic carbocycles. The Bertz CT molecular complexity index is 766. The Morgan fingerprint density at radius 3 is 2.46 bits per heavy atom. The number of terminal acetylenes is 1. The molecule has 0 bridgehead atoms. The van der Waals surface area contributed by atoms with Crippen LogP contribution in [-0.2, 0) is 23.1 Å². The van der Waals surface area contributed by atoms with Crippen LogP contribution in [0.5, 0.6) is 11.5 Å². The average Bonchev–Trinajstić information content (AvgIpc) is 2.69. The van der Waals surface area contributed by atoms with Crippen LogP contribution in [0.25, 0.3) is 0 Å². The predicted octanol–water partition coefficient (Wildman–Crippen LogP) is 3.85. The van der Waals surface area contributed by atoms with E-state index in [2.05, 4.69) is 27.2 Å². The second-order valence-corrected chi connectivity index (χ2v) is 6.27. The summed E-state index contributed by atoms with van der Waals surface area (Å²) in [5.41, 5.74) is 3.30. The second kappa shape index (κ2) is 10.5. The molecule has 1 N–H and O–H groups in total. The van der Waals surface area contributed by atoms with E-state index in [9.17, 15) is 4.79 Å². The van der Waals surface area contributed by atoms with Gasteiger partial charge in [0.05, 0.1) is 7.11 Å². The lowest BCUT2D eigenvalue weighted by atomic mass is 10.1. The first-order valence-corrected chi connectivity index (χ1v) is 9.42. The van der Waals surface area contributed by atoms with Gasteiger partial charge in [-0.05, 0) is 35.2 Å². The van der Waals surface area contributed by atoms with E-state index in [0.29, 0.717) is 30.9 Å². The van der Waals surface area contributed by atoms with E-state index < -0.39 is 0 Å². The predicted molar refractivity (Wildman–Crippen MR) is 107 cm³/mol. The molecule has 0 spiro atoms. The number of alkyl halides is 1. The molecular weight excluding hydrogens is 394 g/mol. The minimum absolute atomic E-state index is 0.0150. The third-order valence-corrected chi connectivity index (χ3v) is 4.49. The number of aryl methyl sites for hydroxylation is 1. The zero-order chi connectivity index (χ0) is 18.8. The number of ether oxygens (including phenoxy) is 2. The lowest BCUT2D eigenvalue weighted by Gasteiger charge is -2.11. The normalized spacial score (nSPS) is 10.0. The van der Waals surface area contributed by atoms with Gasteiger partial charge in [0.1, 0.15) is 6.61 Å². The molecule has 0 saturated heterocycles. The molecule has 0 unspecified atom stereocenters. The Hall–Kier alpha value is -2.45. The summed E-state index contributed by atoms with van der Waals surface area (Å²) in [5.74, 6) is 3.66. The van der Waals surface area contributed by atoms with Crippen LogP contribution in [0.3, 0.4) is 0 Å². The zero-order valence-corrected chi connectivity index (χ0v) is 16.3. The molecule has 0 aromatic heterocycles. The van der Waals surface area contributed by atoms with Crippen LogP contribution in [0.2, 0.25) is 0 Å². The van der Waals surface area contributed by atoms with Crippen LogP contribution >= 0.6 is 15.9 Å². The van der Waals surface area contributed by atoms with Crippen molar-refractivity contribution in [2.75, 3.05) is 13.7 Å². The van der Waals surface area contributed by atoms with E-state index in [0.717, 1.165) is 16.5 Å². The van der Waals surface area contributed by atoms with Crippen LogP contribution in [0.4, 0.5) is 0 Å². The molecule has 0 saturated carbocycles. The maximum Gasteiger partial charge on any atom is 0.220 e. The van der Waals surface area contributed by atoms with Crippen LogP contribution in [0, 0.1) is 12.3 Å². The fraction of sp³-hybridized carbons (Fsp3) is 0.286. The van der Waals surface area contributed by atoms with Gasteiger partial charge < -0.3 is 14.8 Å². The molecule has 0 aliphatic rings. The van der Waals surface area contributed by atoms with Crippen molar-refractivity contribution < 1.29 is 14.3 Å². The molecule has 1 amide bonds. The SMILES string of the molecule is C#CCOc1ccc(CCC(=O)NCc2ccc(CBr)cc2)cc1OC. The Kier molecular flexibility index (Phi) is 8.04. The summed E-state index contributed by atoms with van der Waals surface area (Å²) >= 11 is 3.42. The number of carbonyl (C=O) groups excluding carboxylic acids is 1. The third-order valence-electron chi connectivity index (χ3n) is 3.85. The highest BCUT2D eigenvalue weighted by atomic mass is 79.9. The van der Waals surface area contributed by atoms with E-state index in [1.165, 1.54) is 5.56 Å². The highest BCUT2D eigenvalue weighted by molar-refractivity contribution is 9.08. The van der Waals surface area contributed by atoms with Gasteiger partial charge in [0.15, 0.2) is 11.5 Å². The Labute approximate surface area is 163 Å². The highest BCUT2D eigenvalue weighted by Gasteiger charge is 2.08. The molecule has 2 rings (SSSR count). The summed E-state index contributed by atoms with van der Waals surface area (Å²) in [7, 11) is 1.58. The summed E-state index contributed by atoms with van der Waals surface area (Å²) in [6.07, 6.45) is 6.24. The van der Waals surface area contributed by atoms with Gasteiger partial charge in [-0.2, -0.15) is 0 Å². The third kappa shape index (κ3) is 6.12. The van der Waals surface area contributed by atoms with E-state index in [1.54, 1.807) is 7.11 Å². The van der Waals surface area contributed by atoms with Crippen LogP contribution in [0.1, 0.15) is 23.1 Å². The Morgan fingerprint density at radius 1 is 1.12 bits per heavy atom. The Morgan fingerprint density at radius 2 is 1.81 bits per heavy atom. The maximum atomic E-state index is 12.1. The van der Waals surface area contributed by atoms with Crippen LogP contribution in [0.15, 0.2) is 42.5 Å². The van der Waals surface area contributed by atoms with Crippen molar-refractivity contribution in [2.45, 2.75) is 24.7 Å². The van der Waals surface area contributed by atoms with Gasteiger partial charge in [-0.3, -0.25) is 4.79 Å². The smallest absolute Gasteiger partial charge is 0.220 e. The van der Waals surface area contributed by atoms with E-state index in [4.69, 9.17) is 15.9 Å². The van der Waals surface area contributed by atoms with Gasteiger partial charge in [0.25, 0.3) is 0 Å². The van der Waals surface area contributed by atoms with E-state index >= 15 is 0 Å². The Balaban J connectivity index is 1.83. The number of amides is 1. The number of nitrogens with one attached hydrogen (secondary N) is 1. The van der Waals surface area contributed by atoms with Crippen molar-refractivity contribution in [2.24, 2.45) is 0 Å². The molecule has 0 atom stereocenters. The average molecular weight is 416 g/mol. The first-order valence-electron chi connectivity index (χ1n) is 8.30. The van der Waals surface area contributed by atoms with Crippen molar-refractivity contribution in [1.82, 2.24) is 5.32 Å². The van der Waals surface area contributed by atoms with Gasteiger partial charge in [0.2, 0.25) is 5.91 Å². The number of halogens is 1. The van der Waals surface area contributed by atoms with Crippen LogP contribution < -0.4 is 14.8 Å². The van der Waals surface area contributed by atoms with Gasteiger partial charge in [-0.15, -0.1) is 6.42 Å². The largest absolute Gasteiger partial charge is 0.493 e. The molecule has 0 fully saturated rings. The molecule has 0 radical (unpaired) electrons. The molecule has 4 nitrogen and oxygen atoms in total. The number of rotatable bonds is 9. The molecule has 0 aliphatic heterocycles. The fourth-order valence-corrected chi connectivity index (χ4v) is 2.77. The number of methoxy groups -OCH3 is 1. The van der Waals surface area contributed by atoms with Gasteiger partial charge >= 0.3 is 0 Å². The monoisotopic (exact) mass is 415 g/mol. The van der Waals surface area contributed by atoms with Crippen LogP contribution in [-0.4, -0.2) is 19.6 Å². The summed E-state index contributed by atoms with van der Waals surface area (Å²) < 4.78 is 10.7. The minimum Gasteiger partial charge on any atom is -0.493 e. The number of carbonyl (C=O) groups is 1. The first kappa shape index (κ1) is 19.9. The quantitative estimate of drug-likeness (QED) is 0.499. The van der Waals surface area contributed by atoms with Crippen molar-refractivity contribution in [3.63, 3.8) is 0 Å². The lowest BCUT2D eigenvalue weighted by molar-refractivity contribution is -0.121. The summed E-state index contributed by atoms with van der Waals surface area (Å²) in [5, 5.41) is 3.77. The standard InChI is InChI=1S/C21H22BrNO3/c1-3-12-26-19-10-8-16(13-20(19)25-2)9-11-21(24)23-15-18-6-4-17(14-22)5-7-18/h1,4-8,10,13H,9,11-12,14-15H2,2H3,(H,23,24). The molecule has 2 aromatic rings. The summed E-state index contributed by atoms with van der Waals surface area (Å²) in [6.45, 7) is 0.721. The van der Waals surface area contributed by atoms with Crippen molar-refractivity contribution in [1.29, 1.82) is 0 Å². The molecule has 5 heteroatoms. The topological polar surface area (TPSA) is 47.6 Å². The molecule has 0 heterocycles. The van der Waals surface area contributed by atoms with Crippen molar-refractivity contribution in [3.05, 3.63) is 59.2 Å². The molecule has 26 heavy (non-hydrogen) atoms. The van der Waals surface area contributed by atoms with E-state index in [-0.39, 0.29) is 12.5 Å².